The van der Waals surface area contributed by atoms with Crippen molar-refractivity contribution in [3.63, 3.8) is 0 Å². The summed E-state index contributed by atoms with van der Waals surface area (Å²) < 4.78 is 0. The molecule has 0 fully saturated rings. The second-order valence-corrected chi connectivity index (χ2v) is 6.61. The van der Waals surface area contributed by atoms with Crippen molar-refractivity contribution in [3.8, 4) is 0 Å². The Balaban J connectivity index is 1.87. The first kappa shape index (κ1) is 10.7. The summed E-state index contributed by atoms with van der Waals surface area (Å²) in [5, 5.41) is 3.13. The van der Waals surface area contributed by atoms with Gasteiger partial charge in [-0.1, -0.05) is 52.9 Å². The molecule has 4 aliphatic rings. The average Bonchev–Trinajstić information content (AvgIpc) is 3.01. The van der Waals surface area contributed by atoms with Crippen LogP contribution >= 0.6 is 16.4 Å². The lowest BCUT2D eigenvalue weighted by atomic mass is 9.95. The lowest BCUT2D eigenvalue weighted by Gasteiger charge is -2.12. The van der Waals surface area contributed by atoms with Gasteiger partial charge >= 0.3 is 0 Å². The van der Waals surface area contributed by atoms with Crippen molar-refractivity contribution in [3.05, 3.63) is 69.4 Å². The molecule has 0 aromatic carbocycles. The van der Waals surface area contributed by atoms with Gasteiger partial charge in [-0.3, -0.25) is 0 Å². The van der Waals surface area contributed by atoms with Crippen molar-refractivity contribution >= 4 is 28.0 Å². The molecule has 2 heterocycles. The lowest BCUT2D eigenvalue weighted by Crippen LogP contribution is -1.94. The monoisotopic (exact) mass is 266 g/mol. The normalized spacial score (nSPS) is 25.3. The average molecular weight is 266 g/mol. The van der Waals surface area contributed by atoms with E-state index in [1.807, 2.05) is 0 Å². The van der Waals surface area contributed by atoms with Crippen LogP contribution in [-0.2, 0) is 0 Å². The minimum atomic E-state index is 1.10. The van der Waals surface area contributed by atoms with E-state index in [4.69, 9.17) is 0 Å². The van der Waals surface area contributed by atoms with Gasteiger partial charge in [-0.2, -0.15) is 0 Å². The quantitative estimate of drug-likeness (QED) is 0.598. The molecule has 18 heavy (non-hydrogen) atoms. The Kier molecular flexibility index (Phi) is 2.47. The maximum absolute atomic E-state index is 2.36. The molecule has 0 unspecified atom stereocenters. The van der Waals surface area contributed by atoms with Crippen LogP contribution in [0, 0.1) is 0 Å². The van der Waals surface area contributed by atoms with E-state index in [2.05, 4.69) is 48.0 Å². The van der Waals surface area contributed by atoms with Crippen LogP contribution < -0.4 is 0 Å². The molecule has 0 nitrogen and oxygen atoms in total. The first-order valence-corrected chi connectivity index (χ1v) is 8.15. The molecule has 0 radical (unpaired) electrons. The Morgan fingerprint density at radius 3 is 1.72 bits per heavy atom. The fraction of sp³-hybridized carbons (Fsp3) is 0.125. The van der Waals surface area contributed by atoms with E-state index in [-0.39, 0.29) is 0 Å². The van der Waals surface area contributed by atoms with Crippen molar-refractivity contribution in [2.45, 2.75) is 12.8 Å². The largest absolute Gasteiger partial charge is 0.0801 e. The van der Waals surface area contributed by atoms with E-state index in [0.29, 0.717) is 0 Å². The van der Waals surface area contributed by atoms with Crippen LogP contribution in [-0.4, -0.2) is 11.6 Å². The predicted octanol–water partition coefficient (Wildman–Crippen LogP) is 4.79. The summed E-state index contributed by atoms with van der Waals surface area (Å²) in [6.45, 7) is 0. The van der Waals surface area contributed by atoms with Crippen molar-refractivity contribution in [1.82, 2.24) is 0 Å². The van der Waals surface area contributed by atoms with Crippen molar-refractivity contribution in [2.75, 3.05) is 0 Å². The minimum Gasteiger partial charge on any atom is -0.0801 e. The summed E-state index contributed by atoms with van der Waals surface area (Å²) in [6, 6.07) is 0. The summed E-state index contributed by atoms with van der Waals surface area (Å²) >= 11 is 0. The van der Waals surface area contributed by atoms with E-state index >= 15 is 0 Å². The minimum absolute atomic E-state index is 1.10. The van der Waals surface area contributed by atoms with Crippen molar-refractivity contribution in [1.29, 1.82) is 0 Å². The molecule has 0 aromatic heterocycles. The third kappa shape index (κ3) is 1.53. The highest BCUT2D eigenvalue weighted by Crippen LogP contribution is 2.48. The lowest BCUT2D eigenvalue weighted by molar-refractivity contribution is 1.21. The Morgan fingerprint density at radius 2 is 1.22 bits per heavy atom. The Bertz CT molecular complexity index is 614. The molecule has 2 heteroatoms. The molecule has 0 aromatic rings. The zero-order valence-corrected chi connectivity index (χ0v) is 11.7. The molecule has 0 saturated heterocycles. The van der Waals surface area contributed by atoms with Crippen molar-refractivity contribution < 1.29 is 0 Å². The van der Waals surface area contributed by atoms with Crippen LogP contribution in [0.3, 0.4) is 0 Å². The fourth-order valence-electron chi connectivity index (χ4n) is 2.69. The maximum Gasteiger partial charge on any atom is 0.0181 e. The van der Waals surface area contributed by atoms with Gasteiger partial charge in [-0.05, 0) is 46.7 Å². The van der Waals surface area contributed by atoms with Crippen LogP contribution in [0.25, 0.3) is 0 Å². The number of rotatable bonds is 1. The van der Waals surface area contributed by atoms with Gasteiger partial charge in [0.15, 0.2) is 0 Å². The third-order valence-corrected chi connectivity index (χ3v) is 6.12. The number of allylic oxidation sites excluding steroid dienone is 12. The van der Waals surface area contributed by atoms with Gasteiger partial charge in [0.05, 0.1) is 0 Å². The SMILES string of the molecule is C1=CCC2=C(C3=C4CC=CC=C4C=P3)P=CC2=C1. The first-order valence-electron chi connectivity index (χ1n) is 6.23. The van der Waals surface area contributed by atoms with Gasteiger partial charge in [0.2, 0.25) is 0 Å². The topological polar surface area (TPSA) is 0 Å². The van der Waals surface area contributed by atoms with E-state index < -0.39 is 0 Å². The summed E-state index contributed by atoms with van der Waals surface area (Å²) in [5.74, 6) is 4.72. The summed E-state index contributed by atoms with van der Waals surface area (Å²) in [4.78, 5) is 0. The number of hydrogen-bond acceptors (Lipinski definition) is 0. The highest BCUT2D eigenvalue weighted by Gasteiger charge is 2.23. The molecule has 0 N–H and O–H groups in total. The third-order valence-electron chi connectivity index (χ3n) is 3.63. The van der Waals surface area contributed by atoms with Gasteiger partial charge < -0.3 is 0 Å². The molecule has 0 spiro atoms. The van der Waals surface area contributed by atoms with Gasteiger partial charge in [-0.25, -0.2) is 0 Å². The molecular formula is C16H12P2. The Labute approximate surface area is 110 Å². The van der Waals surface area contributed by atoms with E-state index in [0.717, 1.165) is 12.8 Å². The summed E-state index contributed by atoms with van der Waals surface area (Å²) in [6.07, 6.45) is 15.6. The standard InChI is InChI=1S/C16H12P2/c1-3-7-13-11(5-1)9-17-15(13)16-14-8-4-2-6-12(14)10-18-16/h1-6,9-10H,7-8H2. The zero-order chi connectivity index (χ0) is 11.9. The highest BCUT2D eigenvalue weighted by molar-refractivity contribution is 7.51. The van der Waals surface area contributed by atoms with E-state index in [1.165, 1.54) is 27.6 Å². The van der Waals surface area contributed by atoms with E-state index in [9.17, 15) is 0 Å². The van der Waals surface area contributed by atoms with Crippen LogP contribution in [0.4, 0.5) is 0 Å². The second kappa shape index (κ2) is 4.16. The molecule has 0 atom stereocenters. The Morgan fingerprint density at radius 1 is 0.722 bits per heavy atom. The van der Waals surface area contributed by atoms with Gasteiger partial charge in [0.25, 0.3) is 0 Å². The molecule has 0 saturated carbocycles. The zero-order valence-electron chi connectivity index (χ0n) is 9.93. The maximum atomic E-state index is 2.36. The van der Waals surface area contributed by atoms with Gasteiger partial charge in [0.1, 0.15) is 0 Å². The van der Waals surface area contributed by atoms with Gasteiger partial charge in [-0.15, -0.1) is 0 Å². The molecule has 86 valence electrons. The molecular weight excluding hydrogens is 254 g/mol. The first-order chi connectivity index (χ1) is 8.93. The fourth-order valence-corrected chi connectivity index (χ4v) is 5.33. The second-order valence-electron chi connectivity index (χ2n) is 4.68. The van der Waals surface area contributed by atoms with Crippen LogP contribution in [0.1, 0.15) is 12.8 Å². The molecule has 2 aliphatic carbocycles. The molecule has 2 aliphatic heterocycles. The van der Waals surface area contributed by atoms with Crippen LogP contribution in [0.2, 0.25) is 0 Å². The summed E-state index contributed by atoms with van der Waals surface area (Å²) in [7, 11) is 2.77. The van der Waals surface area contributed by atoms with Gasteiger partial charge in [0, 0.05) is 10.6 Å². The van der Waals surface area contributed by atoms with Crippen LogP contribution in [0.15, 0.2) is 69.4 Å². The number of fused-ring (bicyclic) bond motifs is 2. The van der Waals surface area contributed by atoms with Crippen molar-refractivity contribution in [2.24, 2.45) is 0 Å². The van der Waals surface area contributed by atoms with Crippen LogP contribution in [0.5, 0.6) is 0 Å². The summed E-state index contributed by atoms with van der Waals surface area (Å²) in [5.41, 5.74) is 6.00. The Hall–Kier alpha value is -1.22. The molecule has 0 amide bonds. The molecule has 0 bridgehead atoms. The number of hydrogen-bond donors (Lipinski definition) is 0. The van der Waals surface area contributed by atoms with E-state index in [1.54, 1.807) is 21.8 Å². The molecule has 4 rings (SSSR count). The smallest absolute Gasteiger partial charge is 0.0181 e. The predicted molar refractivity (Wildman–Crippen MR) is 83.7 cm³/mol. The highest BCUT2D eigenvalue weighted by atomic mass is 31.1.